The Morgan fingerprint density at radius 2 is 1.89 bits per heavy atom. The van der Waals surface area contributed by atoms with E-state index in [4.69, 9.17) is 14.2 Å². The lowest BCUT2D eigenvalue weighted by Crippen LogP contribution is -2.64. The van der Waals surface area contributed by atoms with Gasteiger partial charge in [-0.2, -0.15) is 4.31 Å². The molecule has 1 aromatic carbocycles. The fourth-order valence-corrected chi connectivity index (χ4v) is 6.09. The molecule has 12 heteroatoms. The second kappa shape index (κ2) is 10.6. The van der Waals surface area contributed by atoms with E-state index in [0.29, 0.717) is 12.8 Å². The molecule has 3 atom stereocenters. The molecule has 35 heavy (non-hydrogen) atoms. The number of carbonyl (C=O) groups excluding carboxylic acids is 1. The Morgan fingerprint density at radius 3 is 2.54 bits per heavy atom. The number of amides is 1. The Morgan fingerprint density at radius 1 is 1.11 bits per heavy atom. The van der Waals surface area contributed by atoms with Crippen molar-refractivity contribution in [1.82, 2.24) is 14.2 Å². The van der Waals surface area contributed by atoms with E-state index in [1.54, 1.807) is 0 Å². The van der Waals surface area contributed by atoms with Crippen molar-refractivity contribution in [3.05, 3.63) is 54.2 Å². The molecule has 1 unspecified atom stereocenters. The zero-order chi connectivity index (χ0) is 25.0. The monoisotopic (exact) mass is 505 g/mol. The lowest BCUT2D eigenvalue weighted by molar-refractivity contribution is -0.145. The van der Waals surface area contributed by atoms with Crippen molar-refractivity contribution in [3.8, 4) is 5.88 Å². The molecule has 0 saturated carbocycles. The Hall–Kier alpha value is -3.22. The van der Waals surface area contributed by atoms with Gasteiger partial charge >= 0.3 is 12.1 Å². The number of pyridine rings is 1. The Bertz CT molecular complexity index is 1140. The number of hydrogen-bond donors (Lipinski definition) is 1. The average Bonchev–Trinajstić information content (AvgIpc) is 3.16. The third kappa shape index (κ3) is 5.24. The van der Waals surface area contributed by atoms with E-state index in [0.717, 1.165) is 16.1 Å². The number of piperazine rings is 1. The van der Waals surface area contributed by atoms with Crippen LogP contribution in [0.5, 0.6) is 5.88 Å². The highest BCUT2D eigenvalue weighted by atomic mass is 32.2. The third-order valence-corrected chi connectivity index (χ3v) is 7.96. The van der Waals surface area contributed by atoms with Crippen molar-refractivity contribution in [3.63, 3.8) is 0 Å². The maximum absolute atomic E-state index is 13.4. The molecule has 2 aromatic rings. The molecule has 2 fully saturated rings. The van der Waals surface area contributed by atoms with Crippen molar-refractivity contribution in [2.45, 2.75) is 42.5 Å². The molecule has 188 valence electrons. The van der Waals surface area contributed by atoms with Gasteiger partial charge in [-0.25, -0.2) is 18.2 Å². The van der Waals surface area contributed by atoms with Gasteiger partial charge in [-0.1, -0.05) is 30.3 Å². The van der Waals surface area contributed by atoms with Crippen LogP contribution < -0.4 is 4.74 Å². The summed E-state index contributed by atoms with van der Waals surface area (Å²) < 4.78 is 43.5. The number of fused-ring (bicyclic) bond motifs is 2. The fraction of sp³-hybridized carbons (Fsp3) is 0.435. The van der Waals surface area contributed by atoms with Gasteiger partial charge in [-0.15, -0.1) is 0 Å². The Labute approximate surface area is 203 Å². The van der Waals surface area contributed by atoms with Crippen LogP contribution in [-0.2, 0) is 30.9 Å². The van der Waals surface area contributed by atoms with Crippen LogP contribution in [0.4, 0.5) is 4.79 Å². The number of ether oxygens (including phenoxy) is 3. The summed E-state index contributed by atoms with van der Waals surface area (Å²) in [4.78, 5) is 30.1. The summed E-state index contributed by atoms with van der Waals surface area (Å²) in [5, 5.41) is 9.93. The quantitative estimate of drug-likeness (QED) is 0.505. The van der Waals surface area contributed by atoms with Gasteiger partial charge in [0.2, 0.25) is 15.9 Å². The summed E-state index contributed by atoms with van der Waals surface area (Å²) in [7, 11) is -2.73. The second-order valence-electron chi connectivity index (χ2n) is 8.28. The van der Waals surface area contributed by atoms with Crippen LogP contribution in [-0.4, -0.2) is 84.8 Å². The lowest BCUT2D eigenvalue weighted by atomic mass is 10.1. The van der Waals surface area contributed by atoms with Crippen LogP contribution in [0.1, 0.15) is 18.4 Å². The summed E-state index contributed by atoms with van der Waals surface area (Å²) in [5.74, 6) is -1.09. The number of methoxy groups -OCH3 is 1. The second-order valence-corrected chi connectivity index (χ2v) is 10.2. The molecule has 4 rings (SSSR count). The van der Waals surface area contributed by atoms with E-state index in [1.165, 1.54) is 24.1 Å². The zero-order valence-corrected chi connectivity index (χ0v) is 20.0. The summed E-state index contributed by atoms with van der Waals surface area (Å²) >= 11 is 0. The lowest BCUT2D eigenvalue weighted by Gasteiger charge is -2.43. The normalized spacial score (nSPS) is 22.1. The molecule has 1 N–H and O–H groups in total. The van der Waals surface area contributed by atoms with Crippen molar-refractivity contribution in [2.75, 3.05) is 26.9 Å². The van der Waals surface area contributed by atoms with Gasteiger partial charge in [0.15, 0.2) is 0 Å². The molecular formula is C23H27N3O8S. The van der Waals surface area contributed by atoms with E-state index >= 15 is 0 Å². The van der Waals surface area contributed by atoms with Gasteiger partial charge in [0.25, 0.3) is 0 Å². The standard InChI is InChI=1S/C23H27N3O8S/c1-32-11-12-33-23(29)26-17-7-9-19(26)21(22(27)28)25(14-17)35(30,31)18-8-10-20(24-13-18)34-15-16-5-3-2-4-6-16/h2-6,8,10,13,17,19,21H,7,9,11-12,14-15H2,1H3,(H,27,28)/t17-,19?,21-/m1/s1. The van der Waals surface area contributed by atoms with Crippen molar-refractivity contribution >= 4 is 22.1 Å². The first kappa shape index (κ1) is 24.9. The fourth-order valence-electron chi connectivity index (χ4n) is 4.49. The van der Waals surface area contributed by atoms with Gasteiger partial charge in [0.05, 0.1) is 18.8 Å². The van der Waals surface area contributed by atoms with Crippen molar-refractivity contribution in [2.24, 2.45) is 0 Å². The van der Waals surface area contributed by atoms with Crippen LogP contribution >= 0.6 is 0 Å². The zero-order valence-electron chi connectivity index (χ0n) is 19.1. The highest BCUT2D eigenvalue weighted by Crippen LogP contribution is 2.37. The number of carboxylic acids is 1. The van der Waals surface area contributed by atoms with Crippen LogP contribution in [0.3, 0.4) is 0 Å². The minimum atomic E-state index is -4.20. The average molecular weight is 506 g/mol. The topological polar surface area (TPSA) is 136 Å². The number of carboxylic acid groups (broad SMARTS) is 1. The molecule has 3 heterocycles. The Kier molecular flexibility index (Phi) is 7.53. The number of carbonyl (C=O) groups is 2. The highest BCUT2D eigenvalue weighted by molar-refractivity contribution is 7.89. The van der Waals surface area contributed by atoms with Crippen molar-refractivity contribution in [1.29, 1.82) is 0 Å². The summed E-state index contributed by atoms with van der Waals surface area (Å²) in [6, 6.07) is 9.46. The number of aliphatic carboxylic acids is 1. The molecule has 2 aliphatic heterocycles. The maximum Gasteiger partial charge on any atom is 0.410 e. The molecule has 0 radical (unpaired) electrons. The van der Waals surface area contributed by atoms with Crippen molar-refractivity contribution < 1.29 is 37.3 Å². The molecule has 11 nitrogen and oxygen atoms in total. The number of nitrogens with zero attached hydrogens (tertiary/aromatic N) is 3. The Balaban J connectivity index is 1.50. The van der Waals surface area contributed by atoms with Gasteiger partial charge in [0, 0.05) is 25.8 Å². The third-order valence-electron chi connectivity index (χ3n) is 6.13. The summed E-state index contributed by atoms with van der Waals surface area (Å²) in [5.41, 5.74) is 0.935. The molecule has 0 aliphatic carbocycles. The SMILES string of the molecule is COCCOC(=O)N1C2CC[C@@H]1CN(S(=O)(=O)c1ccc(OCc3ccccc3)nc1)[C@H]2C(=O)O. The maximum atomic E-state index is 13.4. The summed E-state index contributed by atoms with van der Waals surface area (Å²) in [6.07, 6.45) is 1.32. The van der Waals surface area contributed by atoms with Gasteiger partial charge < -0.3 is 19.3 Å². The summed E-state index contributed by atoms with van der Waals surface area (Å²) in [6.45, 7) is 0.347. The predicted octanol–water partition coefficient (Wildman–Crippen LogP) is 1.73. The van der Waals surface area contributed by atoms with E-state index in [2.05, 4.69) is 4.98 Å². The van der Waals surface area contributed by atoms with E-state index in [-0.39, 0.29) is 37.1 Å². The predicted molar refractivity (Wildman–Crippen MR) is 122 cm³/mol. The van der Waals surface area contributed by atoms with Crippen LogP contribution in [0.15, 0.2) is 53.6 Å². The van der Waals surface area contributed by atoms with Gasteiger partial charge in [-0.3, -0.25) is 9.69 Å². The van der Waals surface area contributed by atoms with Crippen LogP contribution in [0, 0.1) is 0 Å². The first-order valence-electron chi connectivity index (χ1n) is 11.1. The molecule has 2 saturated heterocycles. The number of hydrogen-bond acceptors (Lipinski definition) is 8. The highest BCUT2D eigenvalue weighted by Gasteiger charge is 2.55. The molecule has 2 aliphatic rings. The molecular weight excluding hydrogens is 478 g/mol. The molecule has 2 bridgehead atoms. The smallest absolute Gasteiger partial charge is 0.410 e. The molecule has 0 spiro atoms. The molecule has 1 amide bonds. The molecule has 1 aromatic heterocycles. The largest absolute Gasteiger partial charge is 0.480 e. The number of rotatable bonds is 9. The van der Waals surface area contributed by atoms with Gasteiger partial charge in [0.1, 0.15) is 24.2 Å². The number of benzene rings is 1. The number of aromatic nitrogens is 1. The number of sulfonamides is 1. The minimum Gasteiger partial charge on any atom is -0.480 e. The van der Waals surface area contributed by atoms with Crippen LogP contribution in [0.2, 0.25) is 0 Å². The van der Waals surface area contributed by atoms with E-state index < -0.39 is 40.2 Å². The van der Waals surface area contributed by atoms with E-state index in [1.807, 2.05) is 30.3 Å². The minimum absolute atomic E-state index is 0.0232. The first-order chi connectivity index (χ1) is 16.8. The van der Waals surface area contributed by atoms with Gasteiger partial charge in [-0.05, 0) is 24.5 Å². The first-order valence-corrected chi connectivity index (χ1v) is 12.6. The van der Waals surface area contributed by atoms with Crippen LogP contribution in [0.25, 0.3) is 0 Å². The van der Waals surface area contributed by atoms with E-state index in [9.17, 15) is 23.1 Å².